The number of hydrogen-bond donors (Lipinski definition) is 1. The molecule has 0 saturated heterocycles. The second-order valence-corrected chi connectivity index (χ2v) is 10.5. The fraction of sp³-hybridized carbons (Fsp3) is 0. The Hall–Kier alpha value is -5.41. The quantitative estimate of drug-likeness (QED) is 0.223. The number of pyridine rings is 1. The van der Waals surface area contributed by atoms with Crippen molar-refractivity contribution in [1.29, 1.82) is 0 Å². The van der Waals surface area contributed by atoms with Crippen LogP contribution >= 0.6 is 0 Å². The molecule has 9 aromatic rings. The molecule has 0 aliphatic carbocycles. The zero-order valence-corrected chi connectivity index (χ0v) is 21.5. The first-order valence-electron chi connectivity index (χ1n) is 13.5. The Morgan fingerprint density at radius 1 is 0.450 bits per heavy atom. The molecule has 0 atom stereocenters. The molecule has 40 heavy (non-hydrogen) atoms. The Labute approximate surface area is 229 Å². The van der Waals surface area contributed by atoms with E-state index >= 15 is 0 Å². The maximum Gasteiger partial charge on any atom is 0.146 e. The molecule has 0 aliphatic rings. The third-order valence-corrected chi connectivity index (χ3v) is 8.40. The second-order valence-electron chi connectivity index (χ2n) is 10.5. The SMILES string of the molecule is Oc1ccc2c3ccccc3n(-c3nc4ccc5ccccc5c4c4c3ccc3ccc5ccccc5c34)c2c1. The molecule has 9 rings (SSSR count). The fourth-order valence-electron chi connectivity index (χ4n) is 6.69. The Balaban J connectivity index is 1.60. The minimum atomic E-state index is 0.240. The van der Waals surface area contributed by atoms with Crippen molar-refractivity contribution in [3.05, 3.63) is 127 Å². The highest BCUT2D eigenvalue weighted by Gasteiger charge is 2.20. The predicted molar refractivity (Wildman–Crippen MR) is 168 cm³/mol. The minimum absolute atomic E-state index is 0.240. The molecule has 0 bridgehead atoms. The maximum absolute atomic E-state index is 10.6. The molecule has 0 fully saturated rings. The van der Waals surface area contributed by atoms with Gasteiger partial charge < -0.3 is 5.11 Å². The maximum atomic E-state index is 10.6. The third-order valence-electron chi connectivity index (χ3n) is 8.40. The number of hydrogen-bond acceptors (Lipinski definition) is 2. The number of phenols is 1. The van der Waals surface area contributed by atoms with Crippen molar-refractivity contribution < 1.29 is 5.11 Å². The third kappa shape index (κ3) is 2.81. The highest BCUT2D eigenvalue weighted by atomic mass is 16.3. The van der Waals surface area contributed by atoms with Crippen molar-refractivity contribution in [2.75, 3.05) is 0 Å². The summed E-state index contributed by atoms with van der Waals surface area (Å²) in [5.74, 6) is 1.11. The normalized spacial score (nSPS) is 12.1. The van der Waals surface area contributed by atoms with Gasteiger partial charge in [-0.25, -0.2) is 4.98 Å². The van der Waals surface area contributed by atoms with Crippen LogP contribution in [-0.4, -0.2) is 14.7 Å². The van der Waals surface area contributed by atoms with Gasteiger partial charge in [0.25, 0.3) is 0 Å². The molecular weight excluding hydrogens is 488 g/mol. The lowest BCUT2D eigenvalue weighted by Gasteiger charge is -2.17. The van der Waals surface area contributed by atoms with E-state index in [1.807, 2.05) is 12.1 Å². The minimum Gasteiger partial charge on any atom is -0.508 e. The van der Waals surface area contributed by atoms with Crippen molar-refractivity contribution in [1.82, 2.24) is 9.55 Å². The van der Waals surface area contributed by atoms with Crippen molar-refractivity contribution in [2.24, 2.45) is 0 Å². The van der Waals surface area contributed by atoms with Crippen LogP contribution in [0.15, 0.2) is 127 Å². The number of rotatable bonds is 1. The van der Waals surface area contributed by atoms with Crippen LogP contribution in [0.3, 0.4) is 0 Å². The first kappa shape index (κ1) is 21.5. The van der Waals surface area contributed by atoms with Crippen molar-refractivity contribution >= 4 is 75.8 Å². The summed E-state index contributed by atoms with van der Waals surface area (Å²) in [4.78, 5) is 5.39. The van der Waals surface area contributed by atoms with Gasteiger partial charge in [0.1, 0.15) is 11.6 Å². The summed E-state index contributed by atoms with van der Waals surface area (Å²) in [6, 6.07) is 44.5. The molecule has 1 N–H and O–H groups in total. The summed E-state index contributed by atoms with van der Waals surface area (Å²) in [5, 5.41) is 23.5. The predicted octanol–water partition coefficient (Wildman–Crippen LogP) is 9.65. The molecule has 3 nitrogen and oxygen atoms in total. The zero-order chi connectivity index (χ0) is 26.4. The number of fused-ring (bicyclic) bond motifs is 12. The van der Waals surface area contributed by atoms with Crippen LogP contribution in [0.5, 0.6) is 5.75 Å². The monoisotopic (exact) mass is 510 g/mol. The van der Waals surface area contributed by atoms with Gasteiger partial charge in [-0.2, -0.15) is 0 Å². The summed E-state index contributed by atoms with van der Waals surface area (Å²) < 4.78 is 2.22. The van der Waals surface area contributed by atoms with Gasteiger partial charge in [0.2, 0.25) is 0 Å². The van der Waals surface area contributed by atoms with E-state index in [1.165, 1.54) is 43.1 Å². The number of aromatic nitrogens is 2. The fourth-order valence-corrected chi connectivity index (χ4v) is 6.69. The zero-order valence-electron chi connectivity index (χ0n) is 21.5. The summed E-state index contributed by atoms with van der Waals surface area (Å²) >= 11 is 0. The largest absolute Gasteiger partial charge is 0.508 e. The van der Waals surface area contributed by atoms with Crippen LogP contribution in [0.25, 0.3) is 81.6 Å². The molecule has 0 aliphatic heterocycles. The molecule has 7 aromatic carbocycles. The Morgan fingerprint density at radius 3 is 1.88 bits per heavy atom. The van der Waals surface area contributed by atoms with Crippen LogP contribution in [0, 0.1) is 0 Å². The summed E-state index contributed by atoms with van der Waals surface area (Å²) in [5.41, 5.74) is 2.95. The number of benzene rings is 7. The van der Waals surface area contributed by atoms with Gasteiger partial charge in [-0.1, -0.05) is 91.0 Å². The van der Waals surface area contributed by atoms with Gasteiger partial charge in [-0.05, 0) is 62.6 Å². The lowest BCUT2D eigenvalue weighted by Crippen LogP contribution is -2.00. The van der Waals surface area contributed by atoms with Gasteiger partial charge in [0.15, 0.2) is 0 Å². The van der Waals surface area contributed by atoms with Gasteiger partial charge in [0, 0.05) is 33.0 Å². The van der Waals surface area contributed by atoms with E-state index in [2.05, 4.69) is 114 Å². The number of aromatic hydroxyl groups is 1. The van der Waals surface area contributed by atoms with E-state index in [-0.39, 0.29) is 5.75 Å². The van der Waals surface area contributed by atoms with Gasteiger partial charge >= 0.3 is 0 Å². The number of para-hydroxylation sites is 1. The van der Waals surface area contributed by atoms with Gasteiger partial charge in [0.05, 0.1) is 16.6 Å². The lowest BCUT2D eigenvalue weighted by molar-refractivity contribution is 0.476. The Morgan fingerprint density at radius 2 is 1.05 bits per heavy atom. The molecule has 0 radical (unpaired) electrons. The number of phenolic OH excluding ortho intramolecular Hbond substituents is 1. The molecule has 0 unspecified atom stereocenters. The average Bonchev–Trinajstić information content (AvgIpc) is 3.33. The van der Waals surface area contributed by atoms with Crippen molar-refractivity contribution in [2.45, 2.75) is 0 Å². The summed E-state index contributed by atoms with van der Waals surface area (Å²) in [6.07, 6.45) is 0. The number of nitrogens with zero attached hydrogens (tertiary/aromatic N) is 2. The molecular formula is C37H22N2O. The van der Waals surface area contributed by atoms with Crippen LogP contribution < -0.4 is 0 Å². The molecule has 2 aromatic heterocycles. The highest BCUT2D eigenvalue weighted by Crippen LogP contribution is 2.43. The van der Waals surface area contributed by atoms with Crippen LogP contribution in [0.1, 0.15) is 0 Å². The van der Waals surface area contributed by atoms with E-state index in [9.17, 15) is 5.11 Å². The van der Waals surface area contributed by atoms with Gasteiger partial charge in [-0.15, -0.1) is 0 Å². The summed E-state index contributed by atoms with van der Waals surface area (Å²) in [7, 11) is 0. The van der Waals surface area contributed by atoms with Crippen LogP contribution in [0.4, 0.5) is 0 Å². The van der Waals surface area contributed by atoms with Gasteiger partial charge in [-0.3, -0.25) is 4.57 Å². The first-order chi connectivity index (χ1) is 19.8. The van der Waals surface area contributed by atoms with E-state index in [0.717, 1.165) is 38.5 Å². The standard InChI is InChI=1S/C37H22N2O/c40-25-17-19-29-28-11-5-6-12-32(28)39(33(29)21-25)37-30-18-15-24-14-13-22-7-1-3-9-26(22)34(24)36(30)35-27-10-4-2-8-23(27)16-20-31(35)38-37/h1-21,40H. The van der Waals surface area contributed by atoms with Crippen molar-refractivity contribution in [3.63, 3.8) is 0 Å². The van der Waals surface area contributed by atoms with E-state index in [0.29, 0.717) is 0 Å². The molecule has 186 valence electrons. The van der Waals surface area contributed by atoms with Crippen LogP contribution in [0.2, 0.25) is 0 Å². The summed E-state index contributed by atoms with van der Waals surface area (Å²) in [6.45, 7) is 0. The smallest absolute Gasteiger partial charge is 0.146 e. The van der Waals surface area contributed by atoms with Crippen molar-refractivity contribution in [3.8, 4) is 11.6 Å². The Kier molecular flexibility index (Phi) is 4.20. The molecule has 2 heterocycles. The highest BCUT2D eigenvalue weighted by molar-refractivity contribution is 6.32. The topological polar surface area (TPSA) is 38.0 Å². The second kappa shape index (κ2) is 7.81. The molecule has 0 spiro atoms. The first-order valence-corrected chi connectivity index (χ1v) is 13.5. The lowest BCUT2D eigenvalue weighted by atomic mass is 9.92. The van der Waals surface area contributed by atoms with Crippen LogP contribution in [-0.2, 0) is 0 Å². The average molecular weight is 511 g/mol. The van der Waals surface area contributed by atoms with E-state index < -0.39 is 0 Å². The van der Waals surface area contributed by atoms with E-state index in [1.54, 1.807) is 6.07 Å². The van der Waals surface area contributed by atoms with E-state index in [4.69, 9.17) is 4.98 Å². The molecule has 0 amide bonds. The Bertz CT molecular complexity index is 2450. The molecule has 0 saturated carbocycles. The molecule has 3 heteroatoms.